The smallest absolute Gasteiger partial charge is 0.310 e. The van der Waals surface area contributed by atoms with Crippen molar-refractivity contribution in [3.05, 3.63) is 35.9 Å². The minimum atomic E-state index is -0.361. The lowest BCUT2D eigenvalue weighted by Gasteiger charge is -2.17. The molecule has 3 rings (SSSR count). The van der Waals surface area contributed by atoms with Crippen LogP contribution in [0, 0.1) is 17.8 Å². The van der Waals surface area contributed by atoms with Gasteiger partial charge in [0.05, 0.1) is 25.0 Å². The first-order valence-corrected chi connectivity index (χ1v) is 7.08. The average Bonchev–Trinajstić information content (AvgIpc) is 3.28. The van der Waals surface area contributed by atoms with Gasteiger partial charge >= 0.3 is 11.9 Å². The van der Waals surface area contributed by atoms with Crippen molar-refractivity contribution in [3.8, 4) is 0 Å². The van der Waals surface area contributed by atoms with Gasteiger partial charge in [-0.25, -0.2) is 0 Å². The molecule has 0 heterocycles. The fourth-order valence-corrected chi connectivity index (χ4v) is 3.56. The summed E-state index contributed by atoms with van der Waals surface area (Å²) in [5.41, 5.74) is 0.681. The number of carbonyl (C=O) groups excluding carboxylic acids is 2. The van der Waals surface area contributed by atoms with Crippen LogP contribution >= 0.6 is 0 Å². The molecule has 0 radical (unpaired) electrons. The molecule has 20 heavy (non-hydrogen) atoms. The Kier molecular flexibility index (Phi) is 3.04. The van der Waals surface area contributed by atoms with E-state index in [1.54, 1.807) is 13.8 Å². The van der Waals surface area contributed by atoms with Gasteiger partial charge in [-0.3, -0.25) is 9.59 Å². The normalized spacial score (nSPS) is 33.0. The second-order valence-electron chi connectivity index (χ2n) is 5.28. The Morgan fingerprint density at radius 2 is 1.50 bits per heavy atom. The lowest BCUT2D eigenvalue weighted by molar-refractivity contribution is -0.151. The predicted molar refractivity (Wildman–Crippen MR) is 71.9 cm³/mol. The fourth-order valence-electron chi connectivity index (χ4n) is 3.56. The zero-order chi connectivity index (χ0) is 14.3. The lowest BCUT2D eigenvalue weighted by atomic mass is 9.90. The molecular weight excluding hydrogens is 256 g/mol. The van der Waals surface area contributed by atoms with Crippen molar-refractivity contribution in [2.45, 2.75) is 19.3 Å². The maximum absolute atomic E-state index is 12.0. The van der Waals surface area contributed by atoms with Crippen molar-refractivity contribution in [2.75, 3.05) is 13.2 Å². The van der Waals surface area contributed by atoms with E-state index < -0.39 is 0 Å². The lowest BCUT2D eigenvalue weighted by Crippen LogP contribution is -2.28. The summed E-state index contributed by atoms with van der Waals surface area (Å²) in [4.78, 5) is 24.0. The summed E-state index contributed by atoms with van der Waals surface area (Å²) in [5, 5.41) is 0. The molecule has 4 heteroatoms. The number of hydrogen-bond acceptors (Lipinski definition) is 4. The van der Waals surface area contributed by atoms with Crippen molar-refractivity contribution >= 4 is 11.9 Å². The molecule has 0 unspecified atom stereocenters. The minimum Gasteiger partial charge on any atom is -0.466 e. The predicted octanol–water partition coefficient (Wildman–Crippen LogP) is 1.93. The van der Waals surface area contributed by atoms with Gasteiger partial charge in [0.1, 0.15) is 0 Å². The summed E-state index contributed by atoms with van der Waals surface area (Å²) in [6.07, 6.45) is 0. The molecule has 2 fully saturated rings. The molecule has 2 saturated carbocycles. The van der Waals surface area contributed by atoms with Crippen molar-refractivity contribution < 1.29 is 19.1 Å². The van der Waals surface area contributed by atoms with Crippen LogP contribution in [0.15, 0.2) is 30.3 Å². The SMILES string of the molecule is CCOC(=O)[C@H]1C2[C@H](C(=O)OCC)C21c1ccccc1. The maximum Gasteiger partial charge on any atom is 0.310 e. The van der Waals surface area contributed by atoms with E-state index in [9.17, 15) is 9.59 Å². The summed E-state index contributed by atoms with van der Waals surface area (Å²) in [6, 6.07) is 9.75. The van der Waals surface area contributed by atoms with Crippen molar-refractivity contribution in [1.29, 1.82) is 0 Å². The number of carbonyl (C=O) groups is 2. The maximum atomic E-state index is 12.0. The third kappa shape index (κ3) is 1.60. The van der Waals surface area contributed by atoms with Gasteiger partial charge in [0, 0.05) is 5.41 Å². The largest absolute Gasteiger partial charge is 0.466 e. The van der Waals surface area contributed by atoms with Crippen LogP contribution in [0.2, 0.25) is 0 Å². The molecule has 0 N–H and O–H groups in total. The van der Waals surface area contributed by atoms with Gasteiger partial charge in [0.2, 0.25) is 0 Å². The van der Waals surface area contributed by atoms with Crippen molar-refractivity contribution in [3.63, 3.8) is 0 Å². The number of benzene rings is 1. The molecule has 0 bridgehead atoms. The number of fused-ring (bicyclic) bond motifs is 1. The van der Waals surface area contributed by atoms with Crippen molar-refractivity contribution in [2.24, 2.45) is 17.8 Å². The first-order chi connectivity index (χ1) is 9.69. The third-order valence-electron chi connectivity index (χ3n) is 4.44. The Hall–Kier alpha value is -1.84. The van der Waals surface area contributed by atoms with Crippen LogP contribution in [0.1, 0.15) is 19.4 Å². The van der Waals surface area contributed by atoms with Gasteiger partial charge in [0.25, 0.3) is 0 Å². The molecule has 0 saturated heterocycles. The van der Waals surface area contributed by atoms with Gasteiger partial charge in [-0.2, -0.15) is 0 Å². The highest BCUT2D eigenvalue weighted by atomic mass is 16.5. The van der Waals surface area contributed by atoms with Crippen LogP contribution in [0.25, 0.3) is 0 Å². The van der Waals surface area contributed by atoms with Crippen LogP contribution < -0.4 is 0 Å². The molecule has 1 aromatic rings. The molecule has 0 aromatic heterocycles. The molecule has 0 amide bonds. The number of esters is 2. The fraction of sp³-hybridized carbons (Fsp3) is 0.500. The molecule has 0 aliphatic heterocycles. The summed E-state index contributed by atoms with van der Waals surface area (Å²) in [6.45, 7) is 4.34. The summed E-state index contributed by atoms with van der Waals surface area (Å²) in [7, 11) is 0. The Balaban J connectivity index is 1.84. The highest BCUT2D eigenvalue weighted by Gasteiger charge is 2.92. The van der Waals surface area contributed by atoms with Crippen LogP contribution in [0.3, 0.4) is 0 Å². The Morgan fingerprint density at radius 1 is 1.00 bits per heavy atom. The summed E-state index contributed by atoms with van der Waals surface area (Å²) >= 11 is 0. The Labute approximate surface area is 118 Å². The van der Waals surface area contributed by atoms with E-state index in [2.05, 4.69) is 0 Å². The molecule has 2 atom stereocenters. The molecular formula is C16H18O4. The van der Waals surface area contributed by atoms with E-state index in [0.29, 0.717) is 13.2 Å². The Bertz CT molecular complexity index is 511. The average molecular weight is 274 g/mol. The van der Waals surface area contributed by atoms with E-state index in [4.69, 9.17) is 9.47 Å². The zero-order valence-corrected chi connectivity index (χ0v) is 11.7. The first kappa shape index (κ1) is 13.2. The quantitative estimate of drug-likeness (QED) is 0.770. The number of ether oxygens (including phenoxy) is 2. The van der Waals surface area contributed by atoms with E-state index in [0.717, 1.165) is 5.56 Å². The van der Waals surface area contributed by atoms with Crippen LogP contribution in [0.5, 0.6) is 0 Å². The van der Waals surface area contributed by atoms with Gasteiger partial charge in [-0.15, -0.1) is 0 Å². The Morgan fingerprint density at radius 3 is 1.95 bits per heavy atom. The van der Waals surface area contributed by atoms with E-state index >= 15 is 0 Å². The summed E-state index contributed by atoms with van der Waals surface area (Å²) < 4.78 is 10.2. The molecule has 1 aromatic carbocycles. The minimum absolute atomic E-state index is 0.0583. The monoisotopic (exact) mass is 274 g/mol. The van der Waals surface area contributed by atoms with Gasteiger partial charge in [-0.1, -0.05) is 30.3 Å². The topological polar surface area (TPSA) is 52.6 Å². The number of hydrogen-bond donors (Lipinski definition) is 0. The van der Waals surface area contributed by atoms with E-state index in [1.807, 2.05) is 30.3 Å². The van der Waals surface area contributed by atoms with E-state index in [1.165, 1.54) is 0 Å². The second kappa shape index (κ2) is 4.62. The zero-order valence-electron chi connectivity index (χ0n) is 11.7. The van der Waals surface area contributed by atoms with Crippen molar-refractivity contribution in [1.82, 2.24) is 0 Å². The summed E-state index contributed by atoms with van der Waals surface area (Å²) in [5.74, 6) is -0.690. The molecule has 2 aliphatic carbocycles. The van der Waals surface area contributed by atoms with Crippen LogP contribution in [-0.2, 0) is 24.5 Å². The second-order valence-corrected chi connectivity index (χ2v) is 5.28. The van der Waals surface area contributed by atoms with Crippen LogP contribution in [0.4, 0.5) is 0 Å². The molecule has 106 valence electrons. The number of rotatable bonds is 5. The highest BCUT2D eigenvalue weighted by Crippen LogP contribution is 2.84. The van der Waals surface area contributed by atoms with Crippen LogP contribution in [-0.4, -0.2) is 25.2 Å². The standard InChI is InChI=1S/C16H18O4/c1-3-19-14(17)12-11-13(15(18)20-4-2)16(11,12)10-8-6-5-7-9-10/h5-9,11-13H,3-4H2,1-2H3/t11?,12-,13-,16?/m1/s1. The first-order valence-electron chi connectivity index (χ1n) is 7.08. The molecule has 2 aliphatic rings. The highest BCUT2D eigenvalue weighted by molar-refractivity contribution is 5.94. The molecule has 0 spiro atoms. The van der Waals surface area contributed by atoms with Gasteiger partial charge in [-0.05, 0) is 25.3 Å². The van der Waals surface area contributed by atoms with Gasteiger partial charge in [0.15, 0.2) is 0 Å². The molecule has 4 nitrogen and oxygen atoms in total. The van der Waals surface area contributed by atoms with Gasteiger partial charge < -0.3 is 9.47 Å². The third-order valence-corrected chi connectivity index (χ3v) is 4.44. The van der Waals surface area contributed by atoms with E-state index in [-0.39, 0.29) is 35.1 Å².